The van der Waals surface area contributed by atoms with Gasteiger partial charge >= 0.3 is 5.97 Å². The fraction of sp³-hybridized carbons (Fsp3) is 0.125. The number of benzene rings is 1. The summed E-state index contributed by atoms with van der Waals surface area (Å²) in [5.74, 6) is -0.213. The molecular weight excluding hydrogens is 331 g/mol. The number of carboxylic acids is 1. The number of hydrogen-bond donors (Lipinski definition) is 1. The summed E-state index contributed by atoms with van der Waals surface area (Å²) in [5.41, 5.74) is 1.09. The predicted molar refractivity (Wildman–Crippen MR) is 88.1 cm³/mol. The molecule has 0 spiro atoms. The normalized spacial score (nSPS) is 10.6. The van der Waals surface area contributed by atoms with Crippen molar-refractivity contribution >= 4 is 28.5 Å². The highest BCUT2D eigenvalue weighted by molar-refractivity contribution is 7.09. The Morgan fingerprint density at radius 3 is 2.54 bits per heavy atom. The SMILES string of the molecule is Cc1nsc(N(Cc2ccc(C(=O)O)cc2)c2ccc(F)cn2)n1. The van der Waals surface area contributed by atoms with Gasteiger partial charge in [0.25, 0.3) is 0 Å². The predicted octanol–water partition coefficient (Wildman–Crippen LogP) is 3.42. The molecule has 0 saturated carbocycles. The first-order chi connectivity index (χ1) is 11.5. The van der Waals surface area contributed by atoms with Crippen LogP contribution in [0.2, 0.25) is 0 Å². The number of carbonyl (C=O) groups is 1. The van der Waals surface area contributed by atoms with E-state index in [9.17, 15) is 9.18 Å². The van der Waals surface area contributed by atoms with Gasteiger partial charge < -0.3 is 5.11 Å². The first-order valence-corrected chi connectivity index (χ1v) is 7.82. The fourth-order valence-electron chi connectivity index (χ4n) is 2.11. The smallest absolute Gasteiger partial charge is 0.335 e. The summed E-state index contributed by atoms with van der Waals surface area (Å²) >= 11 is 1.22. The van der Waals surface area contributed by atoms with Crippen LogP contribution in [0.15, 0.2) is 42.6 Å². The number of rotatable bonds is 5. The number of halogens is 1. The Morgan fingerprint density at radius 2 is 2.00 bits per heavy atom. The Morgan fingerprint density at radius 1 is 1.25 bits per heavy atom. The summed E-state index contributed by atoms with van der Waals surface area (Å²) < 4.78 is 17.3. The second-order valence-electron chi connectivity index (χ2n) is 5.05. The first kappa shape index (κ1) is 16.0. The zero-order valence-corrected chi connectivity index (χ0v) is 13.5. The van der Waals surface area contributed by atoms with Crippen LogP contribution in [0.5, 0.6) is 0 Å². The summed E-state index contributed by atoms with van der Waals surface area (Å²) in [5, 5.41) is 9.60. The van der Waals surface area contributed by atoms with Gasteiger partial charge in [0.1, 0.15) is 17.5 Å². The van der Waals surface area contributed by atoms with Crippen LogP contribution < -0.4 is 4.90 Å². The third-order valence-corrected chi connectivity index (χ3v) is 4.11. The number of hydrogen-bond acceptors (Lipinski definition) is 6. The summed E-state index contributed by atoms with van der Waals surface area (Å²) in [7, 11) is 0. The number of anilines is 2. The first-order valence-electron chi connectivity index (χ1n) is 7.04. The maximum atomic E-state index is 13.1. The molecule has 0 atom stereocenters. The van der Waals surface area contributed by atoms with Crippen molar-refractivity contribution < 1.29 is 14.3 Å². The Labute approximate surface area is 141 Å². The van der Waals surface area contributed by atoms with Crippen molar-refractivity contribution in [1.82, 2.24) is 14.3 Å². The Bertz CT molecular complexity index is 849. The molecule has 0 saturated heterocycles. The highest BCUT2D eigenvalue weighted by atomic mass is 32.1. The van der Waals surface area contributed by atoms with Crippen LogP contribution in [0.25, 0.3) is 0 Å². The van der Waals surface area contributed by atoms with Gasteiger partial charge in [0.15, 0.2) is 0 Å². The molecule has 0 radical (unpaired) electrons. The minimum atomic E-state index is -0.974. The molecule has 122 valence electrons. The van der Waals surface area contributed by atoms with E-state index in [1.165, 1.54) is 17.6 Å². The van der Waals surface area contributed by atoms with E-state index in [0.717, 1.165) is 11.8 Å². The van der Waals surface area contributed by atoms with Gasteiger partial charge in [-0.15, -0.1) is 0 Å². The molecule has 0 unspecified atom stereocenters. The molecule has 2 heterocycles. The van der Waals surface area contributed by atoms with Crippen molar-refractivity contribution in [2.45, 2.75) is 13.5 Å². The molecule has 3 rings (SSSR count). The van der Waals surface area contributed by atoms with E-state index in [1.807, 2.05) is 0 Å². The van der Waals surface area contributed by atoms with E-state index >= 15 is 0 Å². The Kier molecular flexibility index (Phi) is 4.48. The van der Waals surface area contributed by atoms with Crippen LogP contribution >= 0.6 is 11.5 Å². The molecule has 24 heavy (non-hydrogen) atoms. The van der Waals surface area contributed by atoms with Gasteiger partial charge in [0.2, 0.25) is 5.13 Å². The minimum absolute atomic E-state index is 0.219. The molecule has 2 aromatic heterocycles. The van der Waals surface area contributed by atoms with E-state index in [0.29, 0.717) is 23.3 Å². The zero-order chi connectivity index (χ0) is 17.1. The quantitative estimate of drug-likeness (QED) is 0.764. The van der Waals surface area contributed by atoms with E-state index in [2.05, 4.69) is 14.3 Å². The molecular formula is C16H13FN4O2S. The lowest BCUT2D eigenvalue weighted by Gasteiger charge is -2.20. The van der Waals surface area contributed by atoms with E-state index in [1.54, 1.807) is 42.2 Å². The lowest BCUT2D eigenvalue weighted by atomic mass is 10.1. The molecule has 0 aliphatic heterocycles. The molecule has 0 fully saturated rings. The van der Waals surface area contributed by atoms with E-state index in [4.69, 9.17) is 5.11 Å². The molecule has 1 N–H and O–H groups in total. The van der Waals surface area contributed by atoms with Crippen LogP contribution in [-0.2, 0) is 6.54 Å². The van der Waals surface area contributed by atoms with Crippen molar-refractivity contribution in [1.29, 1.82) is 0 Å². The van der Waals surface area contributed by atoms with Crippen LogP contribution in [0.4, 0.5) is 15.3 Å². The van der Waals surface area contributed by atoms with Gasteiger partial charge in [-0.05, 0) is 36.8 Å². The van der Waals surface area contributed by atoms with Gasteiger partial charge in [-0.3, -0.25) is 4.90 Å². The summed E-state index contributed by atoms with van der Waals surface area (Å²) in [6, 6.07) is 9.44. The number of carboxylic acid groups (broad SMARTS) is 1. The van der Waals surface area contributed by atoms with E-state index < -0.39 is 11.8 Å². The molecule has 0 aliphatic carbocycles. The molecule has 0 amide bonds. The fourth-order valence-corrected chi connectivity index (χ4v) is 2.79. The van der Waals surface area contributed by atoms with Crippen molar-refractivity contribution in [2.24, 2.45) is 0 Å². The monoisotopic (exact) mass is 344 g/mol. The third kappa shape index (κ3) is 3.54. The molecule has 0 bridgehead atoms. The van der Waals surface area contributed by atoms with Gasteiger partial charge in [0.05, 0.1) is 18.3 Å². The third-order valence-electron chi connectivity index (χ3n) is 3.28. The summed E-state index contributed by atoms with van der Waals surface area (Å²) in [6.45, 7) is 2.20. The maximum absolute atomic E-state index is 13.1. The lowest BCUT2D eigenvalue weighted by Crippen LogP contribution is -2.17. The highest BCUT2D eigenvalue weighted by Crippen LogP contribution is 2.27. The standard InChI is InChI=1S/C16H13FN4O2S/c1-10-19-16(24-20-10)21(14-7-6-13(17)8-18-14)9-11-2-4-12(5-3-11)15(22)23/h2-8H,9H2,1H3,(H,22,23). The number of aromatic nitrogens is 3. The summed E-state index contributed by atoms with van der Waals surface area (Å²) in [6.07, 6.45) is 1.14. The molecule has 1 aromatic carbocycles. The average Bonchev–Trinajstić information content (AvgIpc) is 3.00. The highest BCUT2D eigenvalue weighted by Gasteiger charge is 2.16. The lowest BCUT2D eigenvalue weighted by molar-refractivity contribution is 0.0697. The number of aromatic carboxylic acids is 1. The van der Waals surface area contributed by atoms with Crippen LogP contribution in [0.3, 0.4) is 0 Å². The van der Waals surface area contributed by atoms with Crippen LogP contribution in [0, 0.1) is 12.7 Å². The molecule has 8 heteroatoms. The van der Waals surface area contributed by atoms with Crippen molar-refractivity contribution in [3.63, 3.8) is 0 Å². The van der Waals surface area contributed by atoms with E-state index in [-0.39, 0.29) is 5.56 Å². The van der Waals surface area contributed by atoms with Gasteiger partial charge in [0, 0.05) is 11.5 Å². The van der Waals surface area contributed by atoms with Gasteiger partial charge in [-0.1, -0.05) is 12.1 Å². The van der Waals surface area contributed by atoms with Crippen LogP contribution in [0.1, 0.15) is 21.7 Å². The number of aryl methyl sites for hydroxylation is 1. The Hall–Kier alpha value is -2.87. The maximum Gasteiger partial charge on any atom is 0.335 e. The second-order valence-corrected chi connectivity index (χ2v) is 5.78. The van der Waals surface area contributed by atoms with Crippen molar-refractivity contribution in [3.8, 4) is 0 Å². The van der Waals surface area contributed by atoms with Crippen molar-refractivity contribution in [2.75, 3.05) is 4.90 Å². The largest absolute Gasteiger partial charge is 0.478 e. The number of nitrogens with zero attached hydrogens (tertiary/aromatic N) is 4. The van der Waals surface area contributed by atoms with Crippen molar-refractivity contribution in [3.05, 3.63) is 65.4 Å². The molecule has 0 aliphatic rings. The zero-order valence-electron chi connectivity index (χ0n) is 12.7. The topological polar surface area (TPSA) is 79.2 Å². The molecule has 6 nitrogen and oxygen atoms in total. The number of pyridine rings is 1. The molecule has 3 aromatic rings. The summed E-state index contributed by atoms with van der Waals surface area (Å²) in [4.78, 5) is 21.2. The Balaban J connectivity index is 1.92. The van der Waals surface area contributed by atoms with Gasteiger partial charge in [-0.25, -0.2) is 19.2 Å². The minimum Gasteiger partial charge on any atom is -0.478 e. The second kappa shape index (κ2) is 6.71. The average molecular weight is 344 g/mol. The van der Waals surface area contributed by atoms with Crippen LogP contribution in [-0.4, -0.2) is 25.4 Å². The van der Waals surface area contributed by atoms with Gasteiger partial charge in [-0.2, -0.15) is 4.37 Å².